The molecule has 0 atom stereocenters. The molecule has 2 aromatic heterocycles. The third-order valence-electron chi connectivity index (χ3n) is 3.00. The number of thioether (sulfide) groups is 1. The maximum Gasteiger partial charge on any atom is 0.144 e. The van der Waals surface area contributed by atoms with Crippen LogP contribution >= 0.6 is 11.8 Å². The van der Waals surface area contributed by atoms with Crippen LogP contribution < -0.4 is 0 Å². The second-order valence-electron chi connectivity index (χ2n) is 5.07. The molecule has 0 saturated heterocycles. The Bertz CT molecular complexity index is 725. The Labute approximate surface area is 128 Å². The fourth-order valence-corrected chi connectivity index (χ4v) is 3.03. The lowest BCUT2D eigenvalue weighted by molar-refractivity contribution is 0.390. The van der Waals surface area contributed by atoms with Gasteiger partial charge in [0.25, 0.3) is 0 Å². The van der Waals surface area contributed by atoms with Gasteiger partial charge >= 0.3 is 0 Å². The van der Waals surface area contributed by atoms with E-state index in [0.717, 1.165) is 39.8 Å². The van der Waals surface area contributed by atoms with Crippen molar-refractivity contribution in [2.45, 2.75) is 17.3 Å². The number of fused-ring (bicyclic) bond motifs is 1. The van der Waals surface area contributed by atoms with Gasteiger partial charge in [0.1, 0.15) is 16.6 Å². The van der Waals surface area contributed by atoms with Crippen molar-refractivity contribution in [2.75, 3.05) is 14.1 Å². The third-order valence-corrected chi connectivity index (χ3v) is 4.02. The maximum atomic E-state index is 5.39. The molecule has 0 unspecified atom stereocenters. The van der Waals surface area contributed by atoms with E-state index in [1.54, 1.807) is 18.0 Å². The van der Waals surface area contributed by atoms with Gasteiger partial charge < -0.3 is 9.32 Å². The molecule has 0 spiro atoms. The van der Waals surface area contributed by atoms with Crippen LogP contribution in [0, 0.1) is 0 Å². The van der Waals surface area contributed by atoms with Gasteiger partial charge in [-0.25, -0.2) is 9.97 Å². The van der Waals surface area contributed by atoms with Crippen molar-refractivity contribution < 1.29 is 4.42 Å². The highest BCUT2D eigenvalue weighted by molar-refractivity contribution is 7.98. The third kappa shape index (κ3) is 3.43. The van der Waals surface area contributed by atoms with Crippen molar-refractivity contribution in [1.82, 2.24) is 14.9 Å². The van der Waals surface area contributed by atoms with E-state index in [0.29, 0.717) is 0 Å². The van der Waals surface area contributed by atoms with Crippen molar-refractivity contribution in [3.8, 4) is 0 Å². The summed E-state index contributed by atoms with van der Waals surface area (Å²) in [4.78, 5) is 11.4. The number of hydrogen-bond donors (Lipinski definition) is 0. The zero-order valence-corrected chi connectivity index (χ0v) is 12.9. The second kappa shape index (κ2) is 6.28. The number of benzene rings is 1. The summed E-state index contributed by atoms with van der Waals surface area (Å²) in [5.41, 5.74) is 0.992. The lowest BCUT2D eigenvalue weighted by atomic mass is 10.2. The van der Waals surface area contributed by atoms with Gasteiger partial charge in [-0.3, -0.25) is 0 Å². The smallest absolute Gasteiger partial charge is 0.144 e. The van der Waals surface area contributed by atoms with Crippen molar-refractivity contribution in [3.63, 3.8) is 0 Å². The first kappa shape index (κ1) is 14.1. The molecule has 108 valence electrons. The van der Waals surface area contributed by atoms with E-state index >= 15 is 0 Å². The van der Waals surface area contributed by atoms with Crippen LogP contribution in [0.15, 0.2) is 52.1 Å². The number of rotatable bonds is 5. The van der Waals surface area contributed by atoms with E-state index in [1.807, 2.05) is 44.4 Å². The lowest BCUT2D eigenvalue weighted by Crippen LogP contribution is -2.13. The number of nitrogens with zero attached hydrogens (tertiary/aromatic N) is 3. The molecule has 2 heterocycles. The Kier molecular flexibility index (Phi) is 4.22. The maximum absolute atomic E-state index is 5.39. The van der Waals surface area contributed by atoms with Crippen LogP contribution in [0.5, 0.6) is 0 Å². The fraction of sp³-hybridized carbons (Fsp3) is 0.250. The first-order chi connectivity index (χ1) is 10.2. The Balaban J connectivity index is 1.93. The molecular formula is C16H17N3OS. The Hall–Kier alpha value is -1.85. The Morgan fingerprint density at radius 3 is 2.71 bits per heavy atom. The molecule has 0 saturated carbocycles. The van der Waals surface area contributed by atoms with Crippen LogP contribution in [-0.4, -0.2) is 29.0 Å². The number of furan rings is 1. The van der Waals surface area contributed by atoms with Gasteiger partial charge in [0, 0.05) is 5.39 Å². The molecule has 0 aliphatic carbocycles. The molecule has 0 N–H and O–H groups in total. The summed E-state index contributed by atoms with van der Waals surface area (Å²) in [6.07, 6.45) is 1.70. The van der Waals surface area contributed by atoms with Gasteiger partial charge in [-0.2, -0.15) is 0 Å². The highest BCUT2D eigenvalue weighted by atomic mass is 32.2. The molecule has 5 heteroatoms. The average molecular weight is 299 g/mol. The van der Waals surface area contributed by atoms with Gasteiger partial charge in [-0.05, 0) is 32.3 Å². The molecule has 21 heavy (non-hydrogen) atoms. The molecule has 0 bridgehead atoms. The van der Waals surface area contributed by atoms with Crippen molar-refractivity contribution in [3.05, 3.63) is 54.2 Å². The molecule has 0 aliphatic rings. The number of para-hydroxylation sites is 1. The number of aromatic nitrogens is 2. The van der Waals surface area contributed by atoms with Crippen LogP contribution in [0.25, 0.3) is 10.9 Å². The molecule has 4 nitrogen and oxygen atoms in total. The highest BCUT2D eigenvalue weighted by Crippen LogP contribution is 2.28. The summed E-state index contributed by atoms with van der Waals surface area (Å²) in [5.74, 6) is 2.58. The van der Waals surface area contributed by atoms with E-state index in [-0.39, 0.29) is 0 Å². The Morgan fingerprint density at radius 1 is 1.10 bits per heavy atom. The summed E-state index contributed by atoms with van der Waals surface area (Å²) in [5, 5.41) is 2.10. The van der Waals surface area contributed by atoms with Crippen LogP contribution in [0.1, 0.15) is 11.6 Å². The fourth-order valence-electron chi connectivity index (χ4n) is 2.09. The topological polar surface area (TPSA) is 42.2 Å². The SMILES string of the molecule is CN(C)Cc1nc(SCc2ccco2)c2ccccc2n1. The molecule has 0 amide bonds. The van der Waals surface area contributed by atoms with Gasteiger partial charge in [0.2, 0.25) is 0 Å². The summed E-state index contributed by atoms with van der Waals surface area (Å²) in [7, 11) is 4.04. The van der Waals surface area contributed by atoms with Crippen LogP contribution in [0.3, 0.4) is 0 Å². The van der Waals surface area contributed by atoms with Crippen molar-refractivity contribution in [1.29, 1.82) is 0 Å². The molecule has 0 radical (unpaired) electrons. The van der Waals surface area contributed by atoms with Crippen molar-refractivity contribution >= 4 is 22.7 Å². The highest BCUT2D eigenvalue weighted by Gasteiger charge is 2.09. The predicted molar refractivity (Wildman–Crippen MR) is 85.2 cm³/mol. The van der Waals surface area contributed by atoms with Crippen LogP contribution in [0.4, 0.5) is 0 Å². The van der Waals surface area contributed by atoms with Gasteiger partial charge in [-0.15, -0.1) is 0 Å². The van der Waals surface area contributed by atoms with E-state index in [1.165, 1.54) is 0 Å². The molecule has 0 fully saturated rings. The van der Waals surface area contributed by atoms with Crippen LogP contribution in [-0.2, 0) is 12.3 Å². The minimum Gasteiger partial charge on any atom is -0.468 e. The zero-order valence-electron chi connectivity index (χ0n) is 12.1. The van der Waals surface area contributed by atoms with Gasteiger partial charge in [0.15, 0.2) is 0 Å². The summed E-state index contributed by atoms with van der Waals surface area (Å²) < 4.78 is 5.39. The summed E-state index contributed by atoms with van der Waals surface area (Å²) >= 11 is 1.69. The zero-order chi connectivity index (χ0) is 14.7. The van der Waals surface area contributed by atoms with Gasteiger partial charge in [0.05, 0.1) is 24.1 Å². The van der Waals surface area contributed by atoms with Crippen LogP contribution in [0.2, 0.25) is 0 Å². The predicted octanol–water partition coefficient (Wildman–Crippen LogP) is 3.58. The van der Waals surface area contributed by atoms with E-state index in [9.17, 15) is 0 Å². The number of hydrogen-bond acceptors (Lipinski definition) is 5. The largest absolute Gasteiger partial charge is 0.468 e. The minimum atomic E-state index is 0.735. The average Bonchev–Trinajstić information content (AvgIpc) is 2.97. The monoisotopic (exact) mass is 299 g/mol. The van der Waals surface area contributed by atoms with Crippen molar-refractivity contribution in [2.24, 2.45) is 0 Å². The quantitative estimate of drug-likeness (QED) is 0.532. The molecule has 3 rings (SSSR count). The molecular weight excluding hydrogens is 282 g/mol. The first-order valence-electron chi connectivity index (χ1n) is 6.78. The normalized spacial score (nSPS) is 11.4. The summed E-state index contributed by atoms with van der Waals surface area (Å²) in [6, 6.07) is 12.0. The molecule has 1 aromatic carbocycles. The minimum absolute atomic E-state index is 0.735. The van der Waals surface area contributed by atoms with E-state index in [2.05, 4.69) is 16.0 Å². The lowest BCUT2D eigenvalue weighted by Gasteiger charge is -2.11. The second-order valence-corrected chi connectivity index (χ2v) is 6.03. The van der Waals surface area contributed by atoms with E-state index in [4.69, 9.17) is 9.40 Å². The van der Waals surface area contributed by atoms with E-state index < -0.39 is 0 Å². The summed E-state index contributed by atoms with van der Waals surface area (Å²) in [6.45, 7) is 0.735. The standard InChI is InChI=1S/C16H17N3OS/c1-19(2)10-15-17-14-8-4-3-7-13(14)16(18-15)21-11-12-6-5-9-20-12/h3-9H,10-11H2,1-2H3. The first-order valence-corrected chi connectivity index (χ1v) is 7.76. The molecule has 0 aliphatic heterocycles. The molecule has 3 aromatic rings. The Morgan fingerprint density at radius 2 is 1.95 bits per heavy atom. The van der Waals surface area contributed by atoms with Gasteiger partial charge in [-0.1, -0.05) is 30.0 Å².